The van der Waals surface area contributed by atoms with Crippen molar-refractivity contribution in [2.45, 2.75) is 25.0 Å². The molecule has 0 bridgehead atoms. The third kappa shape index (κ3) is 4.11. The molecule has 1 rings (SSSR count). The van der Waals surface area contributed by atoms with Gasteiger partial charge >= 0.3 is 5.97 Å². The van der Waals surface area contributed by atoms with E-state index in [-0.39, 0.29) is 24.8 Å². The molecular formula is C13H18O6. The molecule has 0 radical (unpaired) electrons. The van der Waals surface area contributed by atoms with Crippen LogP contribution in [0.4, 0.5) is 0 Å². The zero-order chi connectivity index (χ0) is 14.5. The average Bonchev–Trinajstić information content (AvgIpc) is 2.37. The van der Waals surface area contributed by atoms with E-state index in [9.17, 15) is 15.0 Å². The predicted octanol–water partition coefficient (Wildman–Crippen LogP) is 1.10. The van der Waals surface area contributed by atoms with Crippen molar-refractivity contribution in [2.75, 3.05) is 14.2 Å². The highest BCUT2D eigenvalue weighted by molar-refractivity contribution is 5.66. The van der Waals surface area contributed by atoms with Gasteiger partial charge in [-0.2, -0.15) is 0 Å². The minimum absolute atomic E-state index is 0.0746. The monoisotopic (exact) mass is 270 g/mol. The number of benzene rings is 1. The Labute approximate surface area is 111 Å². The molecule has 0 aliphatic rings. The number of aliphatic carboxylic acids is 1. The van der Waals surface area contributed by atoms with Crippen LogP contribution < -0.4 is 9.47 Å². The summed E-state index contributed by atoms with van der Waals surface area (Å²) in [6, 6.07) is 4.52. The van der Waals surface area contributed by atoms with E-state index in [1.807, 2.05) is 0 Å². The number of rotatable bonds is 7. The highest BCUT2D eigenvalue weighted by Crippen LogP contribution is 2.33. The third-order valence-corrected chi connectivity index (χ3v) is 2.76. The Kier molecular flexibility index (Phi) is 5.14. The van der Waals surface area contributed by atoms with Gasteiger partial charge in [-0.15, -0.1) is 0 Å². The molecule has 0 aliphatic carbocycles. The highest BCUT2D eigenvalue weighted by Gasteiger charge is 2.26. The van der Waals surface area contributed by atoms with Crippen molar-refractivity contribution < 1.29 is 29.6 Å². The summed E-state index contributed by atoms with van der Waals surface area (Å²) in [4.78, 5) is 10.4. The fraction of sp³-hybridized carbons (Fsp3) is 0.462. The van der Waals surface area contributed by atoms with Crippen LogP contribution in [0.2, 0.25) is 0 Å². The van der Waals surface area contributed by atoms with Crippen LogP contribution in [0.1, 0.15) is 24.8 Å². The Bertz CT molecular complexity index is 441. The molecule has 0 saturated carbocycles. The molecule has 6 heteroatoms. The van der Waals surface area contributed by atoms with Crippen molar-refractivity contribution in [1.82, 2.24) is 0 Å². The number of carbonyl (C=O) groups is 1. The van der Waals surface area contributed by atoms with Crippen molar-refractivity contribution in [3.8, 4) is 11.5 Å². The van der Waals surface area contributed by atoms with E-state index in [1.54, 1.807) is 6.07 Å². The summed E-state index contributed by atoms with van der Waals surface area (Å²) >= 11 is 0. The third-order valence-electron chi connectivity index (χ3n) is 2.76. The van der Waals surface area contributed by atoms with Crippen molar-refractivity contribution in [3.63, 3.8) is 0 Å². The smallest absolute Gasteiger partial charge is 0.303 e. The van der Waals surface area contributed by atoms with Crippen LogP contribution in [0.3, 0.4) is 0 Å². The summed E-state index contributed by atoms with van der Waals surface area (Å²) in [7, 11) is 2.93. The molecule has 0 heterocycles. The first-order chi connectivity index (χ1) is 8.90. The van der Waals surface area contributed by atoms with E-state index in [2.05, 4.69) is 0 Å². The Morgan fingerprint density at radius 1 is 1.21 bits per heavy atom. The molecule has 1 aromatic rings. The molecule has 0 fully saturated rings. The quantitative estimate of drug-likeness (QED) is 0.642. The van der Waals surface area contributed by atoms with Gasteiger partial charge in [0.25, 0.3) is 0 Å². The second-order valence-corrected chi connectivity index (χ2v) is 4.13. The average molecular weight is 270 g/mol. The largest absolute Gasteiger partial charge is 0.493 e. The number of hydrogen-bond donors (Lipinski definition) is 3. The molecule has 0 aromatic heterocycles. The van der Waals surface area contributed by atoms with Gasteiger partial charge in [0, 0.05) is 18.4 Å². The Hall–Kier alpha value is -1.79. The van der Waals surface area contributed by atoms with Gasteiger partial charge in [-0.05, 0) is 24.6 Å². The molecule has 19 heavy (non-hydrogen) atoms. The van der Waals surface area contributed by atoms with E-state index < -0.39 is 11.8 Å². The molecule has 0 aliphatic heterocycles. The first kappa shape index (κ1) is 15.3. The minimum Gasteiger partial charge on any atom is -0.493 e. The van der Waals surface area contributed by atoms with E-state index in [1.165, 1.54) is 26.4 Å². The summed E-state index contributed by atoms with van der Waals surface area (Å²) in [5.41, 5.74) is 0.232. The number of carboxylic acids is 1. The molecule has 0 atom stereocenters. The summed E-state index contributed by atoms with van der Waals surface area (Å²) in [5, 5.41) is 28.4. The molecule has 0 unspecified atom stereocenters. The molecule has 0 saturated heterocycles. The van der Waals surface area contributed by atoms with Crippen LogP contribution in [0, 0.1) is 0 Å². The number of methoxy groups -OCH3 is 2. The lowest BCUT2D eigenvalue weighted by atomic mass is 9.99. The zero-order valence-corrected chi connectivity index (χ0v) is 10.9. The fourth-order valence-corrected chi connectivity index (χ4v) is 1.72. The van der Waals surface area contributed by atoms with Gasteiger partial charge < -0.3 is 24.8 Å². The van der Waals surface area contributed by atoms with Crippen molar-refractivity contribution in [3.05, 3.63) is 23.8 Å². The van der Waals surface area contributed by atoms with E-state index in [0.717, 1.165) is 0 Å². The second kappa shape index (κ2) is 6.40. The summed E-state index contributed by atoms with van der Waals surface area (Å²) in [6.07, 6.45) is -0.0262. The molecule has 6 nitrogen and oxygen atoms in total. The van der Waals surface area contributed by atoms with Crippen molar-refractivity contribution in [1.29, 1.82) is 0 Å². The van der Waals surface area contributed by atoms with Crippen LogP contribution in [-0.2, 0) is 10.6 Å². The topological polar surface area (TPSA) is 96.2 Å². The van der Waals surface area contributed by atoms with E-state index in [4.69, 9.17) is 14.6 Å². The SMILES string of the molecule is COc1ccc(C(O)(O)CCCC(=O)O)cc1OC. The lowest BCUT2D eigenvalue weighted by molar-refractivity contribution is -0.176. The van der Waals surface area contributed by atoms with Crippen LogP contribution in [0.25, 0.3) is 0 Å². The maximum Gasteiger partial charge on any atom is 0.303 e. The predicted molar refractivity (Wildman–Crippen MR) is 67.1 cm³/mol. The van der Waals surface area contributed by atoms with Gasteiger partial charge in [-0.3, -0.25) is 4.79 Å². The molecule has 106 valence electrons. The Morgan fingerprint density at radius 2 is 1.84 bits per heavy atom. The number of ether oxygens (including phenoxy) is 2. The number of carboxylic acid groups (broad SMARTS) is 1. The Balaban J connectivity index is 2.85. The molecule has 0 spiro atoms. The van der Waals surface area contributed by atoms with E-state index in [0.29, 0.717) is 11.5 Å². The highest BCUT2D eigenvalue weighted by atomic mass is 16.5. The molecule has 1 aromatic carbocycles. The summed E-state index contributed by atoms with van der Waals surface area (Å²) in [6.45, 7) is 0. The van der Waals surface area contributed by atoms with Crippen LogP contribution in [-0.4, -0.2) is 35.5 Å². The maximum absolute atomic E-state index is 10.4. The van der Waals surface area contributed by atoms with Gasteiger partial charge in [-0.1, -0.05) is 0 Å². The normalized spacial score (nSPS) is 11.2. The van der Waals surface area contributed by atoms with E-state index >= 15 is 0 Å². The van der Waals surface area contributed by atoms with Gasteiger partial charge in [0.1, 0.15) is 0 Å². The maximum atomic E-state index is 10.4. The van der Waals surface area contributed by atoms with Gasteiger partial charge in [0.15, 0.2) is 17.3 Å². The standard InChI is InChI=1S/C13H18O6/c1-18-10-6-5-9(8-11(10)19-2)13(16,17)7-3-4-12(14)15/h5-6,8,16-17H,3-4,7H2,1-2H3,(H,14,15). The summed E-state index contributed by atoms with van der Waals surface area (Å²) < 4.78 is 10.1. The van der Waals surface area contributed by atoms with Gasteiger partial charge in [-0.25, -0.2) is 0 Å². The summed E-state index contributed by atoms with van der Waals surface area (Å²) in [5.74, 6) is -2.20. The molecule has 0 amide bonds. The van der Waals surface area contributed by atoms with Gasteiger partial charge in [0.05, 0.1) is 14.2 Å². The van der Waals surface area contributed by atoms with Crippen molar-refractivity contribution >= 4 is 5.97 Å². The molecule has 3 N–H and O–H groups in total. The fourth-order valence-electron chi connectivity index (χ4n) is 1.72. The van der Waals surface area contributed by atoms with Crippen LogP contribution in [0.5, 0.6) is 11.5 Å². The number of aliphatic hydroxyl groups is 2. The first-order valence-electron chi connectivity index (χ1n) is 5.79. The van der Waals surface area contributed by atoms with Crippen LogP contribution in [0.15, 0.2) is 18.2 Å². The zero-order valence-electron chi connectivity index (χ0n) is 10.9. The van der Waals surface area contributed by atoms with Crippen molar-refractivity contribution in [2.24, 2.45) is 0 Å². The Morgan fingerprint density at radius 3 is 2.37 bits per heavy atom. The lowest BCUT2D eigenvalue weighted by Gasteiger charge is -2.23. The minimum atomic E-state index is -2.09. The van der Waals surface area contributed by atoms with Gasteiger partial charge in [0.2, 0.25) is 0 Å². The second-order valence-electron chi connectivity index (χ2n) is 4.13. The number of hydrogen-bond acceptors (Lipinski definition) is 5. The lowest BCUT2D eigenvalue weighted by Crippen LogP contribution is -2.25. The molecular weight excluding hydrogens is 252 g/mol. The first-order valence-corrected chi connectivity index (χ1v) is 5.79. The van der Waals surface area contributed by atoms with Crippen LogP contribution >= 0.6 is 0 Å².